The first-order chi connectivity index (χ1) is 9.79. The Bertz CT molecular complexity index is 628. The zero-order chi connectivity index (χ0) is 15.8. The van der Waals surface area contributed by atoms with Crippen LogP contribution in [0.15, 0.2) is 18.2 Å². The summed E-state index contributed by atoms with van der Waals surface area (Å²) in [6.07, 6.45) is -2.51. The van der Waals surface area contributed by atoms with E-state index in [0.29, 0.717) is 5.52 Å². The van der Waals surface area contributed by atoms with Crippen LogP contribution >= 0.6 is 0 Å². The Kier molecular flexibility index (Phi) is 4.30. The molecule has 0 aliphatic heterocycles. The van der Waals surface area contributed by atoms with E-state index in [1.807, 2.05) is 0 Å². The lowest BCUT2D eigenvalue weighted by atomic mass is 10.1. The van der Waals surface area contributed by atoms with E-state index in [4.69, 9.17) is 0 Å². The van der Waals surface area contributed by atoms with E-state index < -0.39 is 11.7 Å². The molecule has 5 heteroatoms. The summed E-state index contributed by atoms with van der Waals surface area (Å²) in [7, 11) is 0. The van der Waals surface area contributed by atoms with Crippen LogP contribution in [0.25, 0.3) is 11.0 Å². The minimum absolute atomic E-state index is 0.218. The summed E-state index contributed by atoms with van der Waals surface area (Å²) in [5.41, 5.74) is 0.576. The Morgan fingerprint density at radius 1 is 1.14 bits per heavy atom. The van der Waals surface area contributed by atoms with Crippen LogP contribution in [0.4, 0.5) is 13.2 Å². The van der Waals surface area contributed by atoms with E-state index in [1.54, 1.807) is 6.07 Å². The van der Waals surface area contributed by atoms with Crippen molar-refractivity contribution in [2.75, 3.05) is 0 Å². The van der Waals surface area contributed by atoms with Crippen molar-refractivity contribution in [3.63, 3.8) is 0 Å². The van der Waals surface area contributed by atoms with E-state index in [2.05, 4.69) is 37.2 Å². The van der Waals surface area contributed by atoms with Crippen molar-refractivity contribution in [3.05, 3.63) is 29.6 Å². The highest BCUT2D eigenvalue weighted by atomic mass is 19.4. The lowest BCUT2D eigenvalue weighted by Gasteiger charge is -2.18. The fourth-order valence-electron chi connectivity index (χ4n) is 2.47. The third-order valence-electron chi connectivity index (χ3n) is 4.13. The molecule has 1 heterocycles. The molecule has 0 saturated carbocycles. The fourth-order valence-corrected chi connectivity index (χ4v) is 2.47. The molecule has 0 aliphatic carbocycles. The molecule has 116 valence electrons. The average Bonchev–Trinajstić information content (AvgIpc) is 2.83. The van der Waals surface area contributed by atoms with Crippen LogP contribution in [0.1, 0.15) is 63.9 Å². The summed E-state index contributed by atoms with van der Waals surface area (Å²) < 4.78 is 40.6. The molecule has 2 unspecified atom stereocenters. The van der Waals surface area contributed by atoms with Crippen LogP contribution in [0.3, 0.4) is 0 Å². The molecule has 0 aliphatic rings. The molecule has 0 N–H and O–H groups in total. The van der Waals surface area contributed by atoms with E-state index in [9.17, 15) is 13.2 Å². The first kappa shape index (κ1) is 15.9. The van der Waals surface area contributed by atoms with Crippen molar-refractivity contribution in [3.8, 4) is 0 Å². The molecule has 2 rings (SSSR count). The molecule has 2 atom stereocenters. The average molecular weight is 298 g/mol. The van der Waals surface area contributed by atoms with Crippen molar-refractivity contribution >= 4 is 11.0 Å². The smallest absolute Gasteiger partial charge is 0.325 e. The van der Waals surface area contributed by atoms with Gasteiger partial charge in [0.2, 0.25) is 0 Å². The molecule has 0 saturated heterocycles. The molecule has 0 bridgehead atoms. The van der Waals surface area contributed by atoms with Crippen LogP contribution in [-0.4, -0.2) is 9.55 Å². The highest BCUT2D eigenvalue weighted by Crippen LogP contribution is 2.34. The summed E-state index contributed by atoms with van der Waals surface area (Å²) in [6.45, 7) is 8.27. The number of nitrogens with zero attached hydrogens (tertiary/aromatic N) is 2. The Balaban J connectivity index is 2.67. The minimum atomic E-state index is -4.33. The number of hydrogen-bond donors (Lipinski definition) is 0. The van der Waals surface area contributed by atoms with Crippen LogP contribution in [0, 0.1) is 0 Å². The van der Waals surface area contributed by atoms with E-state index >= 15 is 0 Å². The number of aromatic nitrogens is 2. The normalized spacial score (nSPS) is 15.4. The topological polar surface area (TPSA) is 17.8 Å². The third-order valence-corrected chi connectivity index (χ3v) is 4.13. The van der Waals surface area contributed by atoms with Crippen molar-refractivity contribution in [2.45, 2.75) is 58.7 Å². The maximum atomic E-state index is 12.8. The van der Waals surface area contributed by atoms with Gasteiger partial charge in [-0.25, -0.2) is 4.98 Å². The van der Waals surface area contributed by atoms with Gasteiger partial charge in [-0.05, 0) is 38.0 Å². The maximum absolute atomic E-state index is 12.8. The van der Waals surface area contributed by atoms with Crippen molar-refractivity contribution in [2.24, 2.45) is 0 Å². The molecule has 0 fully saturated rings. The van der Waals surface area contributed by atoms with Gasteiger partial charge in [0, 0.05) is 12.0 Å². The van der Waals surface area contributed by atoms with Gasteiger partial charge in [-0.2, -0.15) is 13.2 Å². The second kappa shape index (κ2) is 5.70. The number of halogens is 3. The second-order valence-corrected chi connectivity index (χ2v) is 5.61. The third kappa shape index (κ3) is 2.92. The van der Waals surface area contributed by atoms with E-state index in [0.717, 1.165) is 36.3 Å². The summed E-state index contributed by atoms with van der Waals surface area (Å²) in [5.74, 6) is 1.10. The number of benzene rings is 1. The molecule has 0 amide bonds. The molecule has 2 nitrogen and oxygen atoms in total. The van der Waals surface area contributed by atoms with Crippen LogP contribution in [0.2, 0.25) is 0 Å². The minimum Gasteiger partial charge on any atom is -0.325 e. The fraction of sp³-hybridized carbons (Fsp3) is 0.562. The Labute approximate surface area is 123 Å². The van der Waals surface area contributed by atoms with Gasteiger partial charge in [-0.3, -0.25) is 0 Å². The molecule has 2 aromatic rings. The highest BCUT2D eigenvalue weighted by Gasteiger charge is 2.31. The van der Waals surface area contributed by atoms with Crippen LogP contribution in [0.5, 0.6) is 0 Å². The number of fused-ring (bicyclic) bond motifs is 1. The number of rotatable bonds is 4. The molecule has 0 radical (unpaired) electrons. The van der Waals surface area contributed by atoms with Gasteiger partial charge in [0.1, 0.15) is 5.82 Å². The Morgan fingerprint density at radius 3 is 2.33 bits per heavy atom. The van der Waals surface area contributed by atoms with Crippen LogP contribution in [-0.2, 0) is 6.18 Å². The molecule has 21 heavy (non-hydrogen) atoms. The first-order valence-corrected chi connectivity index (χ1v) is 7.38. The van der Waals surface area contributed by atoms with Crippen molar-refractivity contribution < 1.29 is 13.2 Å². The van der Waals surface area contributed by atoms with Gasteiger partial charge in [-0.1, -0.05) is 20.8 Å². The van der Waals surface area contributed by atoms with Gasteiger partial charge >= 0.3 is 6.18 Å². The number of alkyl halides is 3. The molecule has 0 spiro atoms. The van der Waals surface area contributed by atoms with Crippen molar-refractivity contribution in [1.29, 1.82) is 0 Å². The van der Waals surface area contributed by atoms with Gasteiger partial charge in [0.25, 0.3) is 0 Å². The number of imidazole rings is 1. The quantitative estimate of drug-likeness (QED) is 0.724. The SMILES string of the molecule is CCC(C)c1nc2cc(C(F)(F)F)ccc2n1C(C)CC. The highest BCUT2D eigenvalue weighted by molar-refractivity contribution is 5.77. The summed E-state index contributed by atoms with van der Waals surface area (Å²) in [6, 6.07) is 4.06. The first-order valence-electron chi connectivity index (χ1n) is 7.38. The Morgan fingerprint density at radius 2 is 1.81 bits per heavy atom. The molecule has 1 aromatic heterocycles. The summed E-state index contributed by atoms with van der Waals surface area (Å²) in [5, 5.41) is 0. The largest absolute Gasteiger partial charge is 0.416 e. The predicted molar refractivity (Wildman–Crippen MR) is 78.4 cm³/mol. The van der Waals surface area contributed by atoms with Gasteiger partial charge in [-0.15, -0.1) is 0 Å². The summed E-state index contributed by atoms with van der Waals surface area (Å²) in [4.78, 5) is 4.49. The monoisotopic (exact) mass is 298 g/mol. The van der Waals surface area contributed by atoms with Gasteiger partial charge in [0.05, 0.1) is 16.6 Å². The van der Waals surface area contributed by atoms with Crippen LogP contribution < -0.4 is 0 Å². The lowest BCUT2D eigenvalue weighted by Crippen LogP contribution is -2.11. The molecular formula is C16H21F3N2. The zero-order valence-electron chi connectivity index (χ0n) is 12.8. The van der Waals surface area contributed by atoms with E-state index in [-0.39, 0.29) is 12.0 Å². The number of hydrogen-bond acceptors (Lipinski definition) is 1. The van der Waals surface area contributed by atoms with Crippen molar-refractivity contribution in [1.82, 2.24) is 9.55 Å². The lowest BCUT2D eigenvalue weighted by molar-refractivity contribution is -0.137. The molecular weight excluding hydrogens is 277 g/mol. The Hall–Kier alpha value is -1.52. The summed E-state index contributed by atoms with van der Waals surface area (Å²) >= 11 is 0. The second-order valence-electron chi connectivity index (χ2n) is 5.61. The van der Waals surface area contributed by atoms with Gasteiger partial charge in [0.15, 0.2) is 0 Å². The molecule has 1 aromatic carbocycles. The standard InChI is InChI=1S/C16H21F3N2/c1-5-10(3)15-20-13-9-12(16(17,18)19)7-8-14(13)21(15)11(4)6-2/h7-11H,5-6H2,1-4H3. The van der Waals surface area contributed by atoms with E-state index in [1.165, 1.54) is 0 Å². The van der Waals surface area contributed by atoms with Gasteiger partial charge < -0.3 is 4.57 Å². The zero-order valence-corrected chi connectivity index (χ0v) is 12.8. The predicted octanol–water partition coefficient (Wildman–Crippen LogP) is 5.54. The maximum Gasteiger partial charge on any atom is 0.416 e.